The molecule has 0 aliphatic heterocycles. The lowest BCUT2D eigenvalue weighted by molar-refractivity contribution is 0.911. The molecule has 0 saturated heterocycles. The highest BCUT2D eigenvalue weighted by molar-refractivity contribution is 6.17. The lowest BCUT2D eigenvalue weighted by Crippen LogP contribution is -2.02. The third kappa shape index (κ3) is 6.49. The van der Waals surface area contributed by atoms with Crippen LogP contribution in [0.5, 0.6) is 0 Å². The number of fused-ring (bicyclic) bond motifs is 4. The summed E-state index contributed by atoms with van der Waals surface area (Å²) in [7, 11) is 0. The number of para-hydroxylation sites is 2. The van der Waals surface area contributed by atoms with Crippen molar-refractivity contribution >= 4 is 50.3 Å². The molecular weight excluding hydrogens is 749 g/mol. The first-order chi connectivity index (χ1) is 30.2. The highest BCUT2D eigenvalue weighted by Gasteiger charge is 2.20. The van der Waals surface area contributed by atoms with Gasteiger partial charge < -0.3 is 15.3 Å². The number of aromatic nitrogens is 6. The Hall–Kier alpha value is -8.49. The fourth-order valence-corrected chi connectivity index (χ4v) is 8.22. The maximum atomic E-state index is 8.86. The summed E-state index contributed by atoms with van der Waals surface area (Å²) < 4.78 is 4.24. The number of nitrogens with zero attached hydrogens (tertiary/aromatic N) is 6. The van der Waals surface area contributed by atoms with E-state index in [0.29, 0.717) is 17.5 Å². The van der Waals surface area contributed by atoms with Gasteiger partial charge in [0.1, 0.15) is 0 Å². The molecule has 3 aromatic heterocycles. The molecule has 0 bridgehead atoms. The normalized spacial score (nSPS) is 11.3. The van der Waals surface area contributed by atoms with E-state index < -0.39 is 0 Å². The predicted molar refractivity (Wildman–Crippen MR) is 248 cm³/mol. The first kappa shape index (κ1) is 35.7. The third-order valence-corrected chi connectivity index (χ3v) is 11.1. The predicted octanol–water partition coefficient (Wildman–Crippen LogP) is 12.7. The number of rotatable bonds is 9. The van der Waals surface area contributed by atoms with Crippen molar-refractivity contribution in [2.24, 2.45) is 0 Å². The van der Waals surface area contributed by atoms with E-state index in [9.17, 15) is 0 Å². The average molecular weight is 785 g/mol. The maximum Gasteiger partial charge on any atom is 0.164 e. The second-order valence-electron chi connectivity index (χ2n) is 14.9. The third-order valence-electron chi connectivity index (χ3n) is 11.1. The molecule has 11 aromatic rings. The fraction of sp³-hybridized carbons (Fsp3) is 0. The highest BCUT2D eigenvalue weighted by Crippen LogP contribution is 2.40. The van der Waals surface area contributed by atoms with Crippen LogP contribution in [0.2, 0.25) is 0 Å². The molecule has 8 aromatic carbocycles. The topological polar surface area (TPSA) is 97.3 Å². The molecule has 61 heavy (non-hydrogen) atoms. The van der Waals surface area contributed by atoms with Gasteiger partial charge in [-0.15, -0.1) is 0 Å². The molecule has 0 aliphatic rings. The Morgan fingerprint density at radius 2 is 1.03 bits per heavy atom. The Labute approximate surface area is 351 Å². The lowest BCUT2D eigenvalue weighted by atomic mass is 10.0. The molecule has 0 fully saturated rings. The van der Waals surface area contributed by atoms with Gasteiger partial charge >= 0.3 is 0 Å². The van der Waals surface area contributed by atoms with Crippen LogP contribution in [0.15, 0.2) is 200 Å². The van der Waals surface area contributed by atoms with Gasteiger partial charge in [0.05, 0.1) is 28.4 Å². The van der Waals surface area contributed by atoms with Crippen LogP contribution in [-0.2, 0) is 0 Å². The standard InChI is InChI=1S/C53H36N8/c54-33-46-47(56-41-19-9-3-10-20-41)27-26-44-45-32-38(37-24-28-48-40(30-37)34-55-61(48)42-21-11-4-12-22-42)25-29-49(45)60(50(44)46)43-23-13-18-39(31-43)53-58-51(35-14-5-1-6-15-35)57-52(59-53)36-16-7-2-8-17-36/h1-34,54,56H. The van der Waals surface area contributed by atoms with Crippen LogP contribution in [0.3, 0.4) is 0 Å². The van der Waals surface area contributed by atoms with Crippen molar-refractivity contribution in [3.05, 3.63) is 206 Å². The summed E-state index contributed by atoms with van der Waals surface area (Å²) in [6.45, 7) is 0. The molecule has 3 heterocycles. The largest absolute Gasteiger partial charge is 0.355 e. The van der Waals surface area contributed by atoms with Crippen LogP contribution >= 0.6 is 0 Å². The van der Waals surface area contributed by atoms with Crippen molar-refractivity contribution in [2.45, 2.75) is 0 Å². The Bertz CT molecular complexity index is 3340. The molecule has 2 N–H and O–H groups in total. The minimum absolute atomic E-state index is 0.572. The molecule has 11 rings (SSSR count). The van der Waals surface area contributed by atoms with Gasteiger partial charge in [-0.1, -0.05) is 127 Å². The van der Waals surface area contributed by atoms with Gasteiger partial charge in [-0.3, -0.25) is 0 Å². The Balaban J connectivity index is 1.09. The highest BCUT2D eigenvalue weighted by atomic mass is 15.3. The van der Waals surface area contributed by atoms with Crippen LogP contribution in [0.4, 0.5) is 11.4 Å². The number of benzene rings is 8. The minimum Gasteiger partial charge on any atom is -0.355 e. The summed E-state index contributed by atoms with van der Waals surface area (Å²) in [4.78, 5) is 15.0. The zero-order valence-corrected chi connectivity index (χ0v) is 32.8. The number of anilines is 2. The van der Waals surface area contributed by atoms with Gasteiger partial charge in [0.15, 0.2) is 17.5 Å². The van der Waals surface area contributed by atoms with Gasteiger partial charge in [0.2, 0.25) is 0 Å². The van der Waals surface area contributed by atoms with Crippen molar-refractivity contribution < 1.29 is 0 Å². The van der Waals surface area contributed by atoms with Gasteiger partial charge in [-0.2, -0.15) is 5.10 Å². The Morgan fingerprint density at radius 1 is 0.459 bits per heavy atom. The Kier molecular flexibility index (Phi) is 8.78. The van der Waals surface area contributed by atoms with E-state index in [1.54, 1.807) is 0 Å². The quantitative estimate of drug-likeness (QED) is 0.142. The zero-order valence-electron chi connectivity index (χ0n) is 32.8. The summed E-state index contributed by atoms with van der Waals surface area (Å²) in [5.41, 5.74) is 12.3. The average Bonchev–Trinajstić information content (AvgIpc) is 3.91. The van der Waals surface area contributed by atoms with E-state index in [-0.39, 0.29) is 0 Å². The van der Waals surface area contributed by atoms with E-state index in [1.807, 2.05) is 132 Å². The molecule has 288 valence electrons. The summed E-state index contributed by atoms with van der Waals surface area (Å²) in [6.07, 6.45) is 3.38. The number of nitrogens with one attached hydrogen (secondary N) is 2. The maximum absolute atomic E-state index is 8.86. The molecular formula is C53H36N8. The van der Waals surface area contributed by atoms with Crippen molar-refractivity contribution in [2.75, 3.05) is 5.32 Å². The summed E-state index contributed by atoms with van der Waals surface area (Å²) >= 11 is 0. The molecule has 0 radical (unpaired) electrons. The van der Waals surface area contributed by atoms with Crippen molar-refractivity contribution in [3.63, 3.8) is 0 Å². The molecule has 0 atom stereocenters. The van der Waals surface area contributed by atoms with Crippen molar-refractivity contribution in [3.8, 4) is 56.7 Å². The molecule has 0 unspecified atom stereocenters. The fourth-order valence-electron chi connectivity index (χ4n) is 8.22. The van der Waals surface area contributed by atoms with Crippen LogP contribution in [0.1, 0.15) is 5.56 Å². The molecule has 0 amide bonds. The van der Waals surface area contributed by atoms with Crippen LogP contribution < -0.4 is 5.32 Å². The Morgan fingerprint density at radius 3 is 1.70 bits per heavy atom. The van der Waals surface area contributed by atoms with E-state index in [4.69, 9.17) is 25.5 Å². The van der Waals surface area contributed by atoms with Crippen molar-refractivity contribution in [1.82, 2.24) is 29.3 Å². The van der Waals surface area contributed by atoms with Crippen LogP contribution in [-0.4, -0.2) is 35.5 Å². The minimum atomic E-state index is 0.572. The van der Waals surface area contributed by atoms with E-state index in [0.717, 1.165) is 88.8 Å². The number of hydrogen-bond donors (Lipinski definition) is 2. The molecule has 8 nitrogen and oxygen atoms in total. The molecule has 0 spiro atoms. The van der Waals surface area contributed by atoms with Gasteiger partial charge in [-0.25, -0.2) is 19.6 Å². The summed E-state index contributed by atoms with van der Waals surface area (Å²) in [6, 6.07) is 66.1. The van der Waals surface area contributed by atoms with Gasteiger partial charge in [-0.05, 0) is 77.9 Å². The molecule has 0 saturated carbocycles. The van der Waals surface area contributed by atoms with Gasteiger partial charge in [0, 0.05) is 61.7 Å². The zero-order chi connectivity index (χ0) is 40.7. The van der Waals surface area contributed by atoms with Crippen LogP contribution in [0.25, 0.3) is 89.4 Å². The SMILES string of the molecule is N=Cc1c(Nc2ccccc2)ccc2c3cc(-c4ccc5c(cnn5-c5ccccc5)c4)ccc3n(-c3cccc(-c4nc(-c5ccccc5)nc(-c5ccccc5)n4)c3)c12. The molecule has 0 aliphatic carbocycles. The van der Waals surface area contributed by atoms with E-state index in [2.05, 4.69) is 82.7 Å². The second kappa shape index (κ2) is 15.0. The van der Waals surface area contributed by atoms with Crippen molar-refractivity contribution in [1.29, 1.82) is 5.41 Å². The van der Waals surface area contributed by atoms with Crippen LogP contribution in [0, 0.1) is 5.41 Å². The van der Waals surface area contributed by atoms with E-state index in [1.165, 1.54) is 6.21 Å². The smallest absolute Gasteiger partial charge is 0.164 e. The monoisotopic (exact) mass is 784 g/mol. The summed E-state index contributed by atoms with van der Waals surface area (Å²) in [5.74, 6) is 1.78. The van der Waals surface area contributed by atoms with Gasteiger partial charge in [0.25, 0.3) is 0 Å². The first-order valence-corrected chi connectivity index (χ1v) is 20.1. The second-order valence-corrected chi connectivity index (χ2v) is 14.9. The summed E-state index contributed by atoms with van der Waals surface area (Å²) in [5, 5.41) is 20.3. The number of hydrogen-bond acceptors (Lipinski definition) is 6. The molecule has 8 heteroatoms. The first-order valence-electron chi connectivity index (χ1n) is 20.1. The lowest BCUT2D eigenvalue weighted by Gasteiger charge is -2.15. The van der Waals surface area contributed by atoms with E-state index >= 15 is 0 Å².